The van der Waals surface area contributed by atoms with Crippen molar-refractivity contribution >= 4 is 22.5 Å². The first-order chi connectivity index (χ1) is 17.1. The van der Waals surface area contributed by atoms with Gasteiger partial charge in [-0.25, -0.2) is 10.1 Å². The molecular formula is C26H22N6O3. The van der Waals surface area contributed by atoms with Crippen molar-refractivity contribution in [1.29, 1.82) is 5.26 Å². The molecule has 0 atom stereocenters. The molecule has 1 saturated heterocycles. The summed E-state index contributed by atoms with van der Waals surface area (Å²) >= 11 is 0. The number of nitriles is 1. The summed E-state index contributed by atoms with van der Waals surface area (Å²) in [7, 11) is 0. The Labute approximate surface area is 201 Å². The molecule has 4 aromatic rings. The predicted molar refractivity (Wildman–Crippen MR) is 130 cm³/mol. The molecule has 35 heavy (non-hydrogen) atoms. The molecule has 9 heteroatoms. The van der Waals surface area contributed by atoms with Gasteiger partial charge in [0.15, 0.2) is 0 Å². The molecule has 0 aliphatic carbocycles. The summed E-state index contributed by atoms with van der Waals surface area (Å²) in [6.45, 7) is 2.76. The Balaban J connectivity index is 1.23. The number of amides is 1. The number of nitrogens with zero attached hydrogens (tertiary/aromatic N) is 5. The van der Waals surface area contributed by atoms with Crippen LogP contribution in [0.4, 0.5) is 5.82 Å². The molecule has 5 rings (SSSR count). The van der Waals surface area contributed by atoms with Crippen LogP contribution in [0.15, 0.2) is 71.8 Å². The Morgan fingerprint density at radius 1 is 1.03 bits per heavy atom. The third-order valence-electron chi connectivity index (χ3n) is 6.01. The van der Waals surface area contributed by atoms with E-state index < -0.39 is 0 Å². The lowest BCUT2D eigenvalue weighted by atomic mass is 10.1. The zero-order valence-electron chi connectivity index (χ0n) is 18.8. The fraction of sp³-hybridized carbons (Fsp3) is 0.192. The number of pyridine rings is 1. The maximum absolute atomic E-state index is 13.1. The van der Waals surface area contributed by atoms with Gasteiger partial charge >= 0.3 is 0 Å². The standard InChI is InChI=1S/C26H22N6O3/c27-14-19-7-8-24(28-15-19)31-9-11-32(12-10-31)26(34)20-4-1-3-18(13-20)17-35-23-6-2-5-21-22(23)16-29-30-25(21)33/h1-8,13,15-16H,9-12,17H2,(H,30,33). The van der Waals surface area contributed by atoms with Gasteiger partial charge in [-0.15, -0.1) is 0 Å². The minimum atomic E-state index is -0.268. The monoisotopic (exact) mass is 466 g/mol. The van der Waals surface area contributed by atoms with Crippen molar-refractivity contribution in [3.8, 4) is 11.8 Å². The van der Waals surface area contributed by atoms with Crippen LogP contribution in [0.1, 0.15) is 21.5 Å². The Kier molecular flexibility index (Phi) is 6.09. The van der Waals surface area contributed by atoms with Crippen molar-refractivity contribution in [3.05, 3.63) is 94.0 Å². The molecule has 0 radical (unpaired) electrons. The number of aromatic nitrogens is 3. The smallest absolute Gasteiger partial charge is 0.272 e. The average molecular weight is 467 g/mol. The van der Waals surface area contributed by atoms with Gasteiger partial charge in [-0.1, -0.05) is 18.2 Å². The first kappa shape index (κ1) is 22.1. The summed E-state index contributed by atoms with van der Waals surface area (Å²) in [5.74, 6) is 1.34. The van der Waals surface area contributed by atoms with E-state index in [0.717, 1.165) is 11.4 Å². The number of aromatic amines is 1. The highest BCUT2D eigenvalue weighted by Crippen LogP contribution is 2.23. The number of H-pyrrole nitrogens is 1. The Morgan fingerprint density at radius 3 is 2.63 bits per heavy atom. The van der Waals surface area contributed by atoms with Crippen LogP contribution >= 0.6 is 0 Å². The van der Waals surface area contributed by atoms with E-state index in [1.54, 1.807) is 36.7 Å². The minimum absolute atomic E-state index is 0.0276. The van der Waals surface area contributed by atoms with Crippen molar-refractivity contribution in [2.45, 2.75) is 6.61 Å². The second-order valence-corrected chi connectivity index (χ2v) is 8.20. The molecule has 1 aliphatic heterocycles. The minimum Gasteiger partial charge on any atom is -0.488 e. The van der Waals surface area contributed by atoms with Gasteiger partial charge in [0, 0.05) is 43.3 Å². The highest BCUT2D eigenvalue weighted by Gasteiger charge is 2.23. The van der Waals surface area contributed by atoms with Gasteiger partial charge in [-0.3, -0.25) is 9.59 Å². The summed E-state index contributed by atoms with van der Waals surface area (Å²) in [5, 5.41) is 16.4. The van der Waals surface area contributed by atoms with E-state index in [1.165, 1.54) is 0 Å². The number of carbonyl (C=O) groups is 1. The van der Waals surface area contributed by atoms with E-state index in [0.29, 0.717) is 53.8 Å². The maximum Gasteiger partial charge on any atom is 0.272 e. The number of carbonyl (C=O) groups excluding carboxylic acids is 1. The summed E-state index contributed by atoms with van der Waals surface area (Å²) in [5.41, 5.74) is 1.71. The van der Waals surface area contributed by atoms with Crippen molar-refractivity contribution in [2.24, 2.45) is 0 Å². The van der Waals surface area contributed by atoms with Gasteiger partial charge in [0.2, 0.25) is 0 Å². The van der Waals surface area contributed by atoms with Crippen LogP contribution in [0, 0.1) is 11.3 Å². The number of fused-ring (bicyclic) bond motifs is 1. The number of rotatable bonds is 5. The van der Waals surface area contributed by atoms with Crippen LogP contribution in [-0.2, 0) is 6.61 Å². The van der Waals surface area contributed by atoms with Gasteiger partial charge < -0.3 is 14.5 Å². The molecule has 0 spiro atoms. The number of ether oxygens (including phenoxy) is 1. The lowest BCUT2D eigenvalue weighted by molar-refractivity contribution is 0.0746. The van der Waals surface area contributed by atoms with Crippen molar-refractivity contribution in [3.63, 3.8) is 0 Å². The SMILES string of the molecule is N#Cc1ccc(N2CCN(C(=O)c3cccc(COc4cccc5c(=O)[nH]ncc45)c3)CC2)nc1. The third kappa shape index (κ3) is 4.68. The van der Waals surface area contributed by atoms with E-state index in [4.69, 9.17) is 10.00 Å². The zero-order valence-corrected chi connectivity index (χ0v) is 18.8. The van der Waals surface area contributed by atoms with Gasteiger partial charge in [0.25, 0.3) is 11.5 Å². The number of hydrogen-bond donors (Lipinski definition) is 1. The Bertz CT molecular complexity index is 1470. The van der Waals surface area contributed by atoms with Crippen molar-refractivity contribution < 1.29 is 9.53 Å². The molecule has 9 nitrogen and oxygen atoms in total. The number of hydrogen-bond acceptors (Lipinski definition) is 7. The fourth-order valence-corrected chi connectivity index (χ4v) is 4.13. The van der Waals surface area contributed by atoms with Gasteiger partial charge in [-0.2, -0.15) is 10.4 Å². The van der Waals surface area contributed by atoms with E-state index in [9.17, 15) is 9.59 Å². The number of piperazine rings is 1. The van der Waals surface area contributed by atoms with E-state index in [1.807, 2.05) is 35.2 Å². The molecule has 1 N–H and O–H groups in total. The largest absolute Gasteiger partial charge is 0.488 e. The van der Waals surface area contributed by atoms with Gasteiger partial charge in [0.1, 0.15) is 24.2 Å². The molecule has 1 aliphatic rings. The summed E-state index contributed by atoms with van der Waals surface area (Å²) in [6.07, 6.45) is 3.13. The highest BCUT2D eigenvalue weighted by atomic mass is 16.5. The van der Waals surface area contributed by atoms with Crippen LogP contribution in [-0.4, -0.2) is 52.2 Å². The molecule has 2 aromatic carbocycles. The fourth-order valence-electron chi connectivity index (χ4n) is 4.13. The quantitative estimate of drug-likeness (QED) is 0.481. The van der Waals surface area contributed by atoms with Gasteiger partial charge in [-0.05, 0) is 42.0 Å². The summed E-state index contributed by atoms with van der Waals surface area (Å²) in [4.78, 5) is 33.4. The molecule has 2 aromatic heterocycles. The summed E-state index contributed by atoms with van der Waals surface area (Å²) < 4.78 is 5.97. The lowest BCUT2D eigenvalue weighted by Crippen LogP contribution is -2.49. The number of nitrogens with one attached hydrogen (secondary N) is 1. The first-order valence-corrected chi connectivity index (χ1v) is 11.2. The zero-order chi connectivity index (χ0) is 24.2. The van der Waals surface area contributed by atoms with Crippen LogP contribution < -0.4 is 15.2 Å². The lowest BCUT2D eigenvalue weighted by Gasteiger charge is -2.35. The van der Waals surface area contributed by atoms with Crippen molar-refractivity contribution in [1.82, 2.24) is 20.1 Å². The molecule has 3 heterocycles. The van der Waals surface area contributed by atoms with Crippen molar-refractivity contribution in [2.75, 3.05) is 31.1 Å². The number of anilines is 1. The molecule has 0 saturated carbocycles. The number of benzene rings is 2. The molecule has 0 unspecified atom stereocenters. The molecule has 1 fully saturated rings. The van der Waals surface area contributed by atoms with Crippen LogP contribution in [0.2, 0.25) is 0 Å². The van der Waals surface area contributed by atoms with Crippen LogP contribution in [0.25, 0.3) is 10.8 Å². The Morgan fingerprint density at radius 2 is 1.86 bits per heavy atom. The third-order valence-corrected chi connectivity index (χ3v) is 6.01. The topological polar surface area (TPSA) is 115 Å². The second kappa shape index (κ2) is 9.65. The molecule has 174 valence electrons. The van der Waals surface area contributed by atoms with Gasteiger partial charge in [0.05, 0.1) is 17.1 Å². The summed E-state index contributed by atoms with van der Waals surface area (Å²) in [6, 6.07) is 18.3. The maximum atomic E-state index is 13.1. The van der Waals surface area contributed by atoms with Crippen LogP contribution in [0.3, 0.4) is 0 Å². The van der Waals surface area contributed by atoms with E-state index in [-0.39, 0.29) is 18.1 Å². The predicted octanol–water partition coefficient (Wildman–Crippen LogP) is 2.73. The molecular weight excluding hydrogens is 444 g/mol. The van der Waals surface area contributed by atoms with Crippen LogP contribution in [0.5, 0.6) is 5.75 Å². The molecule has 0 bridgehead atoms. The highest BCUT2D eigenvalue weighted by molar-refractivity contribution is 5.94. The average Bonchev–Trinajstić information content (AvgIpc) is 2.92. The van der Waals surface area contributed by atoms with E-state index >= 15 is 0 Å². The Hall–Kier alpha value is -4.71. The second-order valence-electron chi connectivity index (χ2n) is 8.20. The normalized spacial score (nSPS) is 13.5. The molecule has 1 amide bonds. The van der Waals surface area contributed by atoms with E-state index in [2.05, 4.69) is 26.2 Å². The first-order valence-electron chi connectivity index (χ1n) is 11.2.